The van der Waals surface area contributed by atoms with E-state index < -0.39 is 42.1 Å². The lowest BCUT2D eigenvalue weighted by atomic mass is 9.96. The first-order chi connectivity index (χ1) is 22.5. The maximum atomic E-state index is 13.9. The van der Waals surface area contributed by atoms with Gasteiger partial charge in [-0.15, -0.1) is 0 Å². The Hall–Kier alpha value is -2.29. The fraction of sp³-hybridized carbons (Fsp3) is 0.606. The van der Waals surface area contributed by atoms with Gasteiger partial charge in [-0.2, -0.15) is 26.3 Å². The number of Topliss-reactive ketones (excluding diaryl/α,β-unsaturated/α-hetero) is 1. The third-order valence-electron chi connectivity index (χ3n) is 8.31. The second-order valence-electron chi connectivity index (χ2n) is 11.4. The molecule has 0 aliphatic rings. The molecule has 0 bridgehead atoms. The van der Waals surface area contributed by atoms with Crippen LogP contribution in [0.5, 0.6) is 0 Å². The van der Waals surface area contributed by atoms with E-state index in [2.05, 4.69) is 9.80 Å². The smallest absolute Gasteiger partial charge is 0.368 e. The average Bonchev–Trinajstić information content (AvgIpc) is 3.00. The Balaban J connectivity index is 2.64. The Morgan fingerprint density at radius 1 is 0.604 bits per heavy atom. The Kier molecular flexibility index (Phi) is 16.7. The number of anilines is 2. The van der Waals surface area contributed by atoms with Gasteiger partial charge in [0, 0.05) is 65.2 Å². The van der Waals surface area contributed by atoms with Gasteiger partial charge in [0.2, 0.25) is 0 Å². The summed E-state index contributed by atoms with van der Waals surface area (Å²) in [6.07, 6.45) is -10.5. The zero-order chi connectivity index (χ0) is 36.2. The van der Waals surface area contributed by atoms with E-state index in [0.717, 1.165) is 50.4 Å². The number of alkyl halides is 6. The predicted octanol–water partition coefficient (Wildman–Crippen LogP) is 6.60. The van der Waals surface area contributed by atoms with Gasteiger partial charge in [0.25, 0.3) is 0 Å². The SMILES string of the molecule is CCN(CC)CCN(CCN)c1c(Cl)cc(C(F)(F)F)cc1CC(=O)Cc1cc(C(F)(F)F)cc(Cl)c1N(CCN)CCN(CC)CC. The highest BCUT2D eigenvalue weighted by Crippen LogP contribution is 2.40. The van der Waals surface area contributed by atoms with E-state index in [1.807, 2.05) is 27.7 Å². The number of rotatable bonds is 20. The van der Waals surface area contributed by atoms with Crippen molar-refractivity contribution in [3.05, 3.63) is 56.6 Å². The van der Waals surface area contributed by atoms with E-state index in [1.54, 1.807) is 9.80 Å². The summed E-state index contributed by atoms with van der Waals surface area (Å²) in [5.41, 5.74) is 10.2. The number of nitrogens with two attached hydrogens (primary N) is 2. The normalized spacial score (nSPS) is 12.3. The van der Waals surface area contributed by atoms with Crippen LogP contribution in [-0.4, -0.2) is 94.1 Å². The molecule has 0 aliphatic carbocycles. The predicted molar refractivity (Wildman–Crippen MR) is 183 cm³/mol. The lowest BCUT2D eigenvalue weighted by Crippen LogP contribution is -2.38. The lowest BCUT2D eigenvalue weighted by Gasteiger charge is -2.31. The minimum Gasteiger partial charge on any atom is -0.368 e. The molecule has 272 valence electrons. The van der Waals surface area contributed by atoms with Crippen molar-refractivity contribution in [1.29, 1.82) is 0 Å². The summed E-state index contributed by atoms with van der Waals surface area (Å²) >= 11 is 13.0. The van der Waals surface area contributed by atoms with Crippen molar-refractivity contribution in [2.24, 2.45) is 11.5 Å². The monoisotopic (exact) mass is 728 g/mol. The van der Waals surface area contributed by atoms with Gasteiger partial charge in [-0.25, -0.2) is 0 Å². The van der Waals surface area contributed by atoms with Crippen LogP contribution in [-0.2, 0) is 30.0 Å². The third-order valence-corrected chi connectivity index (χ3v) is 8.88. The molecule has 0 heterocycles. The zero-order valence-corrected chi connectivity index (χ0v) is 29.6. The number of hydrogen-bond donors (Lipinski definition) is 2. The highest BCUT2D eigenvalue weighted by atomic mass is 35.5. The largest absolute Gasteiger partial charge is 0.416 e. The molecule has 0 atom stereocenters. The molecule has 2 rings (SSSR count). The first-order valence-corrected chi connectivity index (χ1v) is 16.9. The van der Waals surface area contributed by atoms with Crippen LogP contribution in [0, 0.1) is 0 Å². The third kappa shape index (κ3) is 11.9. The molecule has 0 radical (unpaired) electrons. The molecular weight excluding hydrogens is 681 g/mol. The van der Waals surface area contributed by atoms with Gasteiger partial charge in [0.15, 0.2) is 0 Å². The van der Waals surface area contributed by atoms with Crippen LogP contribution < -0.4 is 21.3 Å². The summed E-state index contributed by atoms with van der Waals surface area (Å²) in [6.45, 7) is 13.6. The number of likely N-dealkylation sites (N-methyl/N-ethyl adjacent to an activating group) is 2. The zero-order valence-electron chi connectivity index (χ0n) is 28.1. The minimum absolute atomic E-state index is 0.00722. The summed E-state index contributed by atoms with van der Waals surface area (Å²) in [4.78, 5) is 21.5. The molecule has 0 unspecified atom stereocenters. The van der Waals surface area contributed by atoms with Gasteiger partial charge in [0.05, 0.1) is 32.5 Å². The highest BCUT2D eigenvalue weighted by Gasteiger charge is 2.35. The molecule has 48 heavy (non-hydrogen) atoms. The number of carbonyl (C=O) groups excluding carboxylic acids is 1. The van der Waals surface area contributed by atoms with Crippen LogP contribution in [0.1, 0.15) is 49.9 Å². The van der Waals surface area contributed by atoms with Crippen LogP contribution in [0.3, 0.4) is 0 Å². The van der Waals surface area contributed by atoms with Crippen LogP contribution in [0.15, 0.2) is 24.3 Å². The Morgan fingerprint density at radius 2 is 0.938 bits per heavy atom. The van der Waals surface area contributed by atoms with Crippen molar-refractivity contribution in [1.82, 2.24) is 9.80 Å². The first kappa shape index (κ1) is 41.9. The number of ketones is 1. The molecule has 0 spiro atoms. The first-order valence-electron chi connectivity index (χ1n) is 16.2. The fourth-order valence-electron chi connectivity index (χ4n) is 5.69. The van der Waals surface area contributed by atoms with Gasteiger partial charge in [-0.3, -0.25) is 4.79 Å². The van der Waals surface area contributed by atoms with Gasteiger partial charge >= 0.3 is 12.4 Å². The Morgan fingerprint density at radius 3 is 1.21 bits per heavy atom. The van der Waals surface area contributed by atoms with Crippen molar-refractivity contribution in [3.63, 3.8) is 0 Å². The van der Waals surface area contributed by atoms with Crippen molar-refractivity contribution in [2.45, 2.75) is 52.9 Å². The molecule has 0 fully saturated rings. The van der Waals surface area contributed by atoms with Gasteiger partial charge in [0.1, 0.15) is 5.78 Å². The topological polar surface area (TPSA) is 82.1 Å². The Labute approximate surface area is 290 Å². The van der Waals surface area contributed by atoms with Crippen LogP contribution >= 0.6 is 23.2 Å². The van der Waals surface area contributed by atoms with E-state index in [4.69, 9.17) is 34.7 Å². The molecule has 2 aromatic carbocycles. The van der Waals surface area contributed by atoms with Crippen molar-refractivity contribution < 1.29 is 31.1 Å². The van der Waals surface area contributed by atoms with Gasteiger partial charge in [-0.1, -0.05) is 50.9 Å². The van der Waals surface area contributed by atoms with Gasteiger partial charge in [-0.05, 0) is 61.6 Å². The molecule has 0 saturated carbocycles. The number of halogens is 8. The van der Waals surface area contributed by atoms with Gasteiger partial charge < -0.3 is 31.1 Å². The van der Waals surface area contributed by atoms with E-state index in [1.165, 1.54) is 0 Å². The number of carbonyl (C=O) groups is 1. The maximum absolute atomic E-state index is 13.9. The summed E-state index contributed by atoms with van der Waals surface area (Å²) in [7, 11) is 0. The molecule has 0 amide bonds. The van der Waals surface area contributed by atoms with E-state index in [0.29, 0.717) is 26.2 Å². The quantitative estimate of drug-likeness (QED) is 0.149. The molecule has 15 heteroatoms. The van der Waals surface area contributed by atoms with Crippen molar-refractivity contribution >= 4 is 40.4 Å². The lowest BCUT2D eigenvalue weighted by molar-refractivity contribution is -0.138. The molecule has 4 N–H and O–H groups in total. The maximum Gasteiger partial charge on any atom is 0.416 e. The molecule has 2 aromatic rings. The molecular formula is C33H48Cl2F6N6O. The molecule has 0 aromatic heterocycles. The van der Waals surface area contributed by atoms with E-state index >= 15 is 0 Å². The number of benzene rings is 2. The number of nitrogens with zero attached hydrogens (tertiary/aromatic N) is 4. The summed E-state index contributed by atoms with van der Waals surface area (Å²) in [5.74, 6) is -0.615. The van der Waals surface area contributed by atoms with E-state index in [-0.39, 0.29) is 58.7 Å². The van der Waals surface area contributed by atoms with Crippen molar-refractivity contribution in [2.75, 3.05) is 88.3 Å². The summed E-state index contributed by atoms with van der Waals surface area (Å²) in [6, 6.07) is 3.39. The molecule has 0 saturated heterocycles. The second-order valence-corrected chi connectivity index (χ2v) is 12.2. The fourth-order valence-corrected chi connectivity index (χ4v) is 6.41. The second kappa shape index (κ2) is 19.2. The van der Waals surface area contributed by atoms with Crippen LogP contribution in [0.2, 0.25) is 10.0 Å². The standard InChI is InChI=1S/C33H48Cl2F6N6O/c1-5-44(6-2)13-15-46(11-9-42)30-23(17-25(21-28(30)34)32(36,37)38)19-27(48)20-24-18-26(33(39,40)41)22-29(35)31(24)47(12-10-43)16-14-45(7-3)8-4/h17-18,21-22H,5-16,19-20,42-43H2,1-4H3. The summed E-state index contributed by atoms with van der Waals surface area (Å²) < 4.78 is 83.6. The number of hydrogen-bond acceptors (Lipinski definition) is 7. The minimum atomic E-state index is -4.75. The van der Waals surface area contributed by atoms with Crippen LogP contribution in [0.25, 0.3) is 0 Å². The van der Waals surface area contributed by atoms with Crippen molar-refractivity contribution in [3.8, 4) is 0 Å². The van der Waals surface area contributed by atoms with E-state index in [9.17, 15) is 31.1 Å². The highest BCUT2D eigenvalue weighted by molar-refractivity contribution is 6.34. The summed E-state index contributed by atoms with van der Waals surface area (Å²) in [5, 5.41) is -0.400. The molecule has 7 nitrogen and oxygen atoms in total. The molecule has 0 aliphatic heterocycles. The average molecular weight is 730 g/mol. The van der Waals surface area contributed by atoms with Crippen LogP contribution in [0.4, 0.5) is 37.7 Å². The Bertz CT molecular complexity index is 1220.